The minimum absolute atomic E-state index is 0.0217. The lowest BCUT2D eigenvalue weighted by atomic mass is 10.0. The van der Waals surface area contributed by atoms with Crippen LogP contribution in [0, 0.1) is 0 Å². The number of carbonyl (C=O) groups is 1. The van der Waals surface area contributed by atoms with Crippen molar-refractivity contribution >= 4 is 29.3 Å². The molecule has 1 aromatic carbocycles. The number of rotatable bonds is 6. The number of pyridine rings is 1. The predicted molar refractivity (Wildman–Crippen MR) is 126 cm³/mol. The van der Waals surface area contributed by atoms with Crippen molar-refractivity contribution < 1.29 is 9.53 Å². The topological polar surface area (TPSA) is 83.5 Å². The first-order chi connectivity index (χ1) is 15.5. The third-order valence-electron chi connectivity index (χ3n) is 5.58. The van der Waals surface area contributed by atoms with Crippen LogP contribution in [0.5, 0.6) is 5.88 Å². The number of aromatic nitrogens is 3. The fourth-order valence-electron chi connectivity index (χ4n) is 3.69. The summed E-state index contributed by atoms with van der Waals surface area (Å²) in [6, 6.07) is 11.8. The molecule has 8 nitrogen and oxygen atoms in total. The Morgan fingerprint density at radius 2 is 1.91 bits per heavy atom. The number of nitrogens with one attached hydrogen (secondary N) is 1. The Labute approximate surface area is 192 Å². The molecule has 0 spiro atoms. The van der Waals surface area contributed by atoms with Gasteiger partial charge < -0.3 is 19.9 Å². The lowest BCUT2D eigenvalue weighted by Crippen LogP contribution is -2.55. The van der Waals surface area contributed by atoms with E-state index in [0.29, 0.717) is 38.0 Å². The van der Waals surface area contributed by atoms with Crippen LogP contribution in [0.4, 0.5) is 16.3 Å². The molecular formula is C23H28N6O2S. The summed E-state index contributed by atoms with van der Waals surface area (Å²) in [5, 5.41) is 3.02. The Bertz CT molecular complexity index is 1020. The maximum Gasteiger partial charge on any atom is 0.322 e. The SMILES string of the molecule is CC(C)c1ccc(NC(=O)N2CCN(c3nsnc3OCc3ccncc3)CC2C)cc1. The maximum absolute atomic E-state index is 12.9. The minimum atomic E-state index is -0.0833. The number of carbonyl (C=O) groups excluding carboxylic acids is 1. The number of benzene rings is 1. The van der Waals surface area contributed by atoms with Gasteiger partial charge in [-0.2, -0.15) is 4.37 Å². The Morgan fingerprint density at radius 1 is 1.16 bits per heavy atom. The second kappa shape index (κ2) is 9.95. The number of ether oxygens (including phenoxy) is 1. The highest BCUT2D eigenvalue weighted by Crippen LogP contribution is 2.28. The van der Waals surface area contributed by atoms with E-state index in [0.717, 1.165) is 28.8 Å². The summed E-state index contributed by atoms with van der Waals surface area (Å²) in [6.07, 6.45) is 3.48. The fraction of sp³-hybridized carbons (Fsp3) is 0.391. The standard InChI is InChI=1S/C23H28N6O2S/c1-16(2)19-4-6-20(7-5-19)25-23(30)29-13-12-28(14-17(29)3)21-22(27-32-26-21)31-15-18-8-10-24-11-9-18/h4-11,16-17H,12-15H2,1-3H3,(H,25,30). The summed E-state index contributed by atoms with van der Waals surface area (Å²) in [5.74, 6) is 1.73. The van der Waals surface area contributed by atoms with Crippen LogP contribution in [0.2, 0.25) is 0 Å². The zero-order valence-corrected chi connectivity index (χ0v) is 19.4. The van der Waals surface area contributed by atoms with Crippen LogP contribution in [0.1, 0.15) is 37.8 Å². The number of hydrogen-bond donors (Lipinski definition) is 1. The van der Waals surface area contributed by atoms with Gasteiger partial charge in [0.25, 0.3) is 5.88 Å². The zero-order valence-electron chi connectivity index (χ0n) is 18.6. The summed E-state index contributed by atoms with van der Waals surface area (Å²) >= 11 is 1.14. The lowest BCUT2D eigenvalue weighted by Gasteiger charge is -2.39. The van der Waals surface area contributed by atoms with Gasteiger partial charge in [0, 0.05) is 43.8 Å². The number of amides is 2. The summed E-state index contributed by atoms with van der Waals surface area (Å²) in [4.78, 5) is 20.9. The molecule has 1 unspecified atom stereocenters. The van der Waals surface area contributed by atoms with Gasteiger partial charge in [-0.15, -0.1) is 4.37 Å². The first kappa shape index (κ1) is 22.0. The number of piperazine rings is 1. The molecule has 1 fully saturated rings. The van der Waals surface area contributed by atoms with Crippen LogP contribution in [0.15, 0.2) is 48.8 Å². The molecule has 1 saturated heterocycles. The van der Waals surface area contributed by atoms with Crippen molar-refractivity contribution in [3.63, 3.8) is 0 Å². The van der Waals surface area contributed by atoms with Crippen molar-refractivity contribution in [2.75, 3.05) is 29.9 Å². The predicted octanol–water partition coefficient (Wildman–Crippen LogP) is 4.38. The second-order valence-electron chi connectivity index (χ2n) is 8.23. The van der Waals surface area contributed by atoms with E-state index in [-0.39, 0.29) is 12.1 Å². The van der Waals surface area contributed by atoms with Crippen LogP contribution in [0.25, 0.3) is 0 Å². The second-order valence-corrected chi connectivity index (χ2v) is 8.76. The monoisotopic (exact) mass is 452 g/mol. The van der Waals surface area contributed by atoms with Gasteiger partial charge in [-0.25, -0.2) is 4.79 Å². The zero-order chi connectivity index (χ0) is 22.5. The van der Waals surface area contributed by atoms with Crippen LogP contribution in [-0.2, 0) is 6.61 Å². The molecule has 1 atom stereocenters. The molecule has 0 saturated carbocycles. The highest BCUT2D eigenvalue weighted by Gasteiger charge is 2.30. The normalized spacial score (nSPS) is 16.3. The van der Waals surface area contributed by atoms with Crippen molar-refractivity contribution in [1.29, 1.82) is 0 Å². The first-order valence-corrected chi connectivity index (χ1v) is 11.5. The molecule has 3 heterocycles. The van der Waals surface area contributed by atoms with Gasteiger partial charge in [0.2, 0.25) is 5.82 Å². The molecule has 2 aromatic heterocycles. The lowest BCUT2D eigenvalue weighted by molar-refractivity contribution is 0.184. The molecule has 2 amide bonds. The Morgan fingerprint density at radius 3 is 2.59 bits per heavy atom. The van der Waals surface area contributed by atoms with Crippen molar-refractivity contribution in [3.05, 3.63) is 59.9 Å². The van der Waals surface area contributed by atoms with E-state index in [1.807, 2.05) is 36.1 Å². The molecular weight excluding hydrogens is 424 g/mol. The molecule has 168 valence electrons. The van der Waals surface area contributed by atoms with Gasteiger partial charge in [-0.3, -0.25) is 4.98 Å². The number of nitrogens with zero attached hydrogens (tertiary/aromatic N) is 5. The number of urea groups is 1. The Balaban J connectivity index is 1.34. The average Bonchev–Trinajstić information content (AvgIpc) is 3.27. The fourth-order valence-corrected chi connectivity index (χ4v) is 4.21. The molecule has 0 bridgehead atoms. The van der Waals surface area contributed by atoms with Gasteiger partial charge in [-0.05, 0) is 48.2 Å². The third-order valence-corrected chi connectivity index (χ3v) is 6.09. The van der Waals surface area contributed by atoms with E-state index < -0.39 is 0 Å². The van der Waals surface area contributed by atoms with Crippen LogP contribution >= 0.6 is 11.7 Å². The van der Waals surface area contributed by atoms with E-state index in [2.05, 4.69) is 49.9 Å². The maximum atomic E-state index is 12.9. The molecule has 1 aliphatic heterocycles. The molecule has 4 rings (SSSR count). The molecule has 0 aliphatic carbocycles. The number of hydrogen-bond acceptors (Lipinski definition) is 7. The van der Waals surface area contributed by atoms with E-state index in [4.69, 9.17) is 4.74 Å². The smallest absolute Gasteiger partial charge is 0.322 e. The van der Waals surface area contributed by atoms with E-state index in [1.54, 1.807) is 12.4 Å². The Kier molecular flexibility index (Phi) is 6.84. The van der Waals surface area contributed by atoms with Gasteiger partial charge in [-0.1, -0.05) is 26.0 Å². The quantitative estimate of drug-likeness (QED) is 0.598. The van der Waals surface area contributed by atoms with E-state index >= 15 is 0 Å². The van der Waals surface area contributed by atoms with Crippen LogP contribution in [0.3, 0.4) is 0 Å². The summed E-state index contributed by atoms with van der Waals surface area (Å²) in [5.41, 5.74) is 3.09. The summed E-state index contributed by atoms with van der Waals surface area (Å²) < 4.78 is 14.7. The highest BCUT2D eigenvalue weighted by molar-refractivity contribution is 6.99. The Hall–Kier alpha value is -3.20. The first-order valence-electron chi connectivity index (χ1n) is 10.8. The van der Waals surface area contributed by atoms with Gasteiger partial charge in [0.05, 0.1) is 11.7 Å². The molecule has 3 aromatic rings. The third kappa shape index (κ3) is 5.16. The highest BCUT2D eigenvalue weighted by atomic mass is 32.1. The number of anilines is 2. The van der Waals surface area contributed by atoms with Crippen molar-refractivity contribution in [2.45, 2.75) is 39.3 Å². The summed E-state index contributed by atoms with van der Waals surface area (Å²) in [7, 11) is 0. The largest absolute Gasteiger partial charge is 0.470 e. The van der Waals surface area contributed by atoms with Gasteiger partial charge in [0.15, 0.2) is 0 Å². The molecule has 1 N–H and O–H groups in total. The molecule has 9 heteroatoms. The minimum Gasteiger partial charge on any atom is -0.470 e. The average molecular weight is 453 g/mol. The van der Waals surface area contributed by atoms with Crippen molar-refractivity contribution in [2.24, 2.45) is 0 Å². The van der Waals surface area contributed by atoms with Crippen molar-refractivity contribution in [1.82, 2.24) is 18.6 Å². The molecule has 32 heavy (non-hydrogen) atoms. The molecule has 1 aliphatic rings. The van der Waals surface area contributed by atoms with Crippen LogP contribution < -0.4 is 15.0 Å². The van der Waals surface area contributed by atoms with Gasteiger partial charge >= 0.3 is 6.03 Å². The van der Waals surface area contributed by atoms with Crippen molar-refractivity contribution in [3.8, 4) is 5.88 Å². The van der Waals surface area contributed by atoms with Gasteiger partial charge in [0.1, 0.15) is 6.61 Å². The summed E-state index contributed by atoms with van der Waals surface area (Å²) in [6.45, 7) is 8.69. The van der Waals surface area contributed by atoms with E-state index in [9.17, 15) is 4.79 Å². The molecule has 0 radical (unpaired) electrons. The van der Waals surface area contributed by atoms with E-state index in [1.165, 1.54) is 5.56 Å². The van der Waals surface area contributed by atoms with Crippen LogP contribution in [-0.4, -0.2) is 50.3 Å².